The second kappa shape index (κ2) is 6.13. The molecule has 0 radical (unpaired) electrons. The largest absolute Gasteiger partial charge is 0.461 e. The number of nitrogens with zero attached hydrogens (tertiary/aromatic N) is 1. The molecule has 0 amide bonds. The van der Waals surface area contributed by atoms with Crippen LogP contribution in [0.15, 0.2) is 34.4 Å². The van der Waals surface area contributed by atoms with Crippen LogP contribution in [0.25, 0.3) is 11.3 Å². The molecule has 0 aliphatic heterocycles. The summed E-state index contributed by atoms with van der Waals surface area (Å²) in [6, 6.07) is 6.51. The molecular formula is C15H18N2O3S. The Bertz CT molecular complexity index is 686. The normalized spacial score (nSPS) is 12.4. The Morgan fingerprint density at radius 1 is 1.24 bits per heavy atom. The quantitative estimate of drug-likeness (QED) is 0.696. The lowest BCUT2D eigenvalue weighted by molar-refractivity contribution is -0.150. The first-order valence-corrected chi connectivity index (χ1v) is 7.54. The zero-order valence-electron chi connectivity index (χ0n) is 12.2. The van der Waals surface area contributed by atoms with Crippen LogP contribution in [0.5, 0.6) is 0 Å². The molecule has 112 valence electrons. The van der Waals surface area contributed by atoms with Gasteiger partial charge in [0.2, 0.25) is 0 Å². The Labute approximate surface area is 127 Å². The predicted molar refractivity (Wildman–Crippen MR) is 84.4 cm³/mol. The van der Waals surface area contributed by atoms with Crippen molar-refractivity contribution in [3.8, 4) is 11.3 Å². The standard InChI is InChI=1S/C15H18N2O3S/c1-9(2)20-14(18)10(3)17-13(8-21-15(17)19)11-4-6-12(16)7-5-11/h4-10H,16H2,1-3H3. The Morgan fingerprint density at radius 3 is 2.43 bits per heavy atom. The minimum absolute atomic E-state index is 0.185. The maximum Gasteiger partial charge on any atom is 0.329 e. The van der Waals surface area contributed by atoms with Crippen LogP contribution in [0.4, 0.5) is 5.69 Å². The number of rotatable bonds is 4. The second-order valence-electron chi connectivity index (χ2n) is 5.04. The van der Waals surface area contributed by atoms with Crippen molar-refractivity contribution in [2.24, 2.45) is 0 Å². The van der Waals surface area contributed by atoms with Gasteiger partial charge in [0, 0.05) is 11.1 Å². The molecule has 0 spiro atoms. The van der Waals surface area contributed by atoms with Gasteiger partial charge in [-0.05, 0) is 38.5 Å². The summed E-state index contributed by atoms with van der Waals surface area (Å²) in [7, 11) is 0. The van der Waals surface area contributed by atoms with E-state index in [9.17, 15) is 9.59 Å². The molecular weight excluding hydrogens is 288 g/mol. The van der Waals surface area contributed by atoms with Gasteiger partial charge in [-0.1, -0.05) is 23.5 Å². The molecule has 6 heteroatoms. The number of aromatic nitrogens is 1. The summed E-state index contributed by atoms with van der Waals surface area (Å²) < 4.78 is 6.65. The monoisotopic (exact) mass is 306 g/mol. The number of thiazole rings is 1. The van der Waals surface area contributed by atoms with Crippen LogP contribution in [-0.4, -0.2) is 16.6 Å². The summed E-state index contributed by atoms with van der Waals surface area (Å²) in [5.41, 5.74) is 7.85. The van der Waals surface area contributed by atoms with E-state index in [0.717, 1.165) is 16.9 Å². The minimum Gasteiger partial charge on any atom is -0.461 e. The summed E-state index contributed by atoms with van der Waals surface area (Å²) in [6.07, 6.45) is -0.214. The summed E-state index contributed by atoms with van der Waals surface area (Å²) in [5, 5.41) is 1.74. The summed E-state index contributed by atoms with van der Waals surface area (Å²) in [5.74, 6) is -0.415. The molecule has 2 aromatic rings. The molecule has 1 atom stereocenters. The zero-order chi connectivity index (χ0) is 15.6. The minimum atomic E-state index is -0.668. The number of anilines is 1. The van der Waals surface area contributed by atoms with Crippen molar-refractivity contribution in [2.75, 3.05) is 5.73 Å². The fourth-order valence-corrected chi connectivity index (χ4v) is 2.81. The average molecular weight is 306 g/mol. The zero-order valence-corrected chi connectivity index (χ0v) is 13.0. The van der Waals surface area contributed by atoms with E-state index in [0.29, 0.717) is 11.4 Å². The maximum atomic E-state index is 12.1. The number of carbonyl (C=O) groups is 1. The lowest BCUT2D eigenvalue weighted by Gasteiger charge is -2.17. The van der Waals surface area contributed by atoms with Gasteiger partial charge in [0.25, 0.3) is 0 Å². The summed E-state index contributed by atoms with van der Waals surface area (Å²) >= 11 is 1.06. The fraction of sp³-hybridized carbons (Fsp3) is 0.333. The van der Waals surface area contributed by atoms with E-state index >= 15 is 0 Å². The predicted octanol–water partition coefficient (Wildman–Crippen LogP) is 2.67. The Morgan fingerprint density at radius 2 is 1.86 bits per heavy atom. The van der Waals surface area contributed by atoms with Gasteiger partial charge in [-0.15, -0.1) is 0 Å². The van der Waals surface area contributed by atoms with Gasteiger partial charge in [-0.2, -0.15) is 0 Å². The van der Waals surface area contributed by atoms with E-state index in [2.05, 4.69) is 0 Å². The third-order valence-electron chi connectivity index (χ3n) is 3.01. The van der Waals surface area contributed by atoms with Crippen molar-refractivity contribution in [1.82, 2.24) is 4.57 Å². The highest BCUT2D eigenvalue weighted by molar-refractivity contribution is 7.07. The molecule has 5 nitrogen and oxygen atoms in total. The molecule has 2 N–H and O–H groups in total. The van der Waals surface area contributed by atoms with Crippen LogP contribution < -0.4 is 10.6 Å². The third-order valence-corrected chi connectivity index (χ3v) is 3.75. The molecule has 0 bridgehead atoms. The summed E-state index contributed by atoms with van der Waals surface area (Å²) in [6.45, 7) is 5.23. The fourth-order valence-electron chi connectivity index (χ4n) is 1.98. The molecule has 2 rings (SSSR count). The molecule has 0 saturated carbocycles. The van der Waals surface area contributed by atoms with E-state index in [4.69, 9.17) is 10.5 Å². The SMILES string of the molecule is CC(C)OC(=O)C(C)n1c(-c2ccc(N)cc2)csc1=O. The molecule has 0 fully saturated rings. The van der Waals surface area contributed by atoms with Crippen molar-refractivity contribution in [3.05, 3.63) is 39.3 Å². The van der Waals surface area contributed by atoms with Crippen molar-refractivity contribution >= 4 is 23.0 Å². The molecule has 1 aromatic carbocycles. The van der Waals surface area contributed by atoms with Gasteiger partial charge < -0.3 is 10.5 Å². The average Bonchev–Trinajstić information content (AvgIpc) is 2.80. The van der Waals surface area contributed by atoms with Gasteiger partial charge in [0.05, 0.1) is 11.8 Å². The number of benzene rings is 1. The number of esters is 1. The van der Waals surface area contributed by atoms with Crippen LogP contribution in [0.3, 0.4) is 0 Å². The lowest BCUT2D eigenvalue weighted by Crippen LogP contribution is -2.28. The second-order valence-corrected chi connectivity index (χ2v) is 5.86. The Balaban J connectivity index is 2.40. The third kappa shape index (κ3) is 3.33. The summed E-state index contributed by atoms with van der Waals surface area (Å²) in [4.78, 5) is 23.9. The molecule has 0 aliphatic carbocycles. The number of hydrogen-bond acceptors (Lipinski definition) is 5. The topological polar surface area (TPSA) is 74.3 Å². The van der Waals surface area contributed by atoms with Gasteiger partial charge in [-0.25, -0.2) is 4.79 Å². The number of hydrogen-bond donors (Lipinski definition) is 1. The van der Waals surface area contributed by atoms with Crippen molar-refractivity contribution in [2.45, 2.75) is 32.9 Å². The van der Waals surface area contributed by atoms with E-state index in [1.54, 1.807) is 38.3 Å². The van der Waals surface area contributed by atoms with E-state index in [1.165, 1.54) is 4.57 Å². The van der Waals surface area contributed by atoms with E-state index in [1.807, 2.05) is 12.1 Å². The molecule has 1 heterocycles. The van der Waals surface area contributed by atoms with Crippen LogP contribution in [-0.2, 0) is 9.53 Å². The van der Waals surface area contributed by atoms with Crippen molar-refractivity contribution < 1.29 is 9.53 Å². The van der Waals surface area contributed by atoms with Gasteiger partial charge >= 0.3 is 10.8 Å². The number of carbonyl (C=O) groups excluding carboxylic acids is 1. The molecule has 21 heavy (non-hydrogen) atoms. The Kier molecular flexibility index (Phi) is 4.47. The molecule has 1 unspecified atom stereocenters. The lowest BCUT2D eigenvalue weighted by atomic mass is 10.1. The van der Waals surface area contributed by atoms with E-state index in [-0.39, 0.29) is 11.0 Å². The van der Waals surface area contributed by atoms with Crippen LogP contribution in [0.1, 0.15) is 26.8 Å². The first-order valence-electron chi connectivity index (χ1n) is 6.66. The van der Waals surface area contributed by atoms with Crippen LogP contribution in [0, 0.1) is 0 Å². The first-order chi connectivity index (χ1) is 9.90. The molecule has 1 aromatic heterocycles. The number of nitrogen functional groups attached to an aromatic ring is 1. The maximum absolute atomic E-state index is 12.1. The van der Waals surface area contributed by atoms with Gasteiger partial charge in [-0.3, -0.25) is 9.36 Å². The number of ether oxygens (including phenoxy) is 1. The number of nitrogens with two attached hydrogens (primary N) is 1. The van der Waals surface area contributed by atoms with Gasteiger partial charge in [0.15, 0.2) is 0 Å². The highest BCUT2D eigenvalue weighted by atomic mass is 32.1. The molecule has 0 aliphatic rings. The van der Waals surface area contributed by atoms with Gasteiger partial charge in [0.1, 0.15) is 6.04 Å². The highest BCUT2D eigenvalue weighted by Gasteiger charge is 2.23. The smallest absolute Gasteiger partial charge is 0.329 e. The highest BCUT2D eigenvalue weighted by Crippen LogP contribution is 2.24. The van der Waals surface area contributed by atoms with Crippen LogP contribution >= 0.6 is 11.3 Å². The van der Waals surface area contributed by atoms with Crippen LogP contribution in [0.2, 0.25) is 0 Å². The molecule has 0 saturated heterocycles. The Hall–Kier alpha value is -2.08. The van der Waals surface area contributed by atoms with Crippen molar-refractivity contribution in [3.63, 3.8) is 0 Å². The first kappa shape index (κ1) is 15.3. The van der Waals surface area contributed by atoms with E-state index < -0.39 is 12.0 Å². The van der Waals surface area contributed by atoms with Crippen molar-refractivity contribution in [1.29, 1.82) is 0 Å².